The number of hydrogen-bond acceptors (Lipinski definition) is 14. The highest BCUT2D eigenvalue weighted by Crippen LogP contribution is 2.42. The number of nitrogen functional groups attached to an aromatic ring is 2. The number of imidazole rings is 1. The predicted molar refractivity (Wildman–Crippen MR) is 134 cm³/mol. The number of anilines is 2. The van der Waals surface area contributed by atoms with Gasteiger partial charge in [0.15, 0.2) is 12.1 Å². The van der Waals surface area contributed by atoms with Crippen LogP contribution in [-0.2, 0) is 28.1 Å². The molecule has 18 nitrogen and oxygen atoms in total. The predicted octanol–water partition coefficient (Wildman–Crippen LogP) is -3.07. The minimum absolute atomic E-state index is 0.0586. The van der Waals surface area contributed by atoms with E-state index in [2.05, 4.69) is 19.8 Å². The Balaban J connectivity index is 1.55. The summed E-state index contributed by atoms with van der Waals surface area (Å²) in [5, 5.41) is 43.7. The molecule has 2 fully saturated rings. The number of carbonyl (C=O) groups is 1. The second kappa shape index (κ2) is 12.2. The number of aliphatic hydroxyl groups is 4. The summed E-state index contributed by atoms with van der Waals surface area (Å²) in [6.45, 7) is -0.197. The lowest BCUT2D eigenvalue weighted by Crippen LogP contribution is -2.64. The summed E-state index contributed by atoms with van der Waals surface area (Å²) in [4.78, 5) is 38.1. The third kappa shape index (κ3) is 6.53. The average molecular weight is 592 g/mol. The van der Waals surface area contributed by atoms with Gasteiger partial charge in [-0.3, -0.25) is 9.32 Å². The summed E-state index contributed by atoms with van der Waals surface area (Å²) in [5.41, 5.74) is 12.5. The largest absolute Gasteiger partial charge is 0.469 e. The standard InChI is InChI=1S/C21H33N6O12P/c1-8(29)25-15-18(32)17(31)11(5-28)39-21(15)36-3-2-9-16(30)12(6-37-40(33,34)35)38-20(9)27-7-24-14-10(27)4-13(22)26-19(14)23/h4,7,9,11-12,15-18,20-21,28,30-32H,2-3,5-6H2,1H3,(H,25,29)(H4,22,23,26)(H2,33,34,35)/t9-,11-,12-,15-,16+,17+,18-,20-,21-/m1/s1. The van der Waals surface area contributed by atoms with Crippen molar-refractivity contribution in [3.8, 4) is 0 Å². The molecule has 2 aromatic rings. The number of fused-ring (bicyclic) bond motifs is 1. The summed E-state index contributed by atoms with van der Waals surface area (Å²) in [5.74, 6) is -1.13. The van der Waals surface area contributed by atoms with E-state index in [0.717, 1.165) is 0 Å². The van der Waals surface area contributed by atoms with Crippen LogP contribution in [0.3, 0.4) is 0 Å². The number of carbonyl (C=O) groups excluding carboxylic acids is 1. The van der Waals surface area contributed by atoms with E-state index in [4.69, 9.17) is 35.5 Å². The van der Waals surface area contributed by atoms with Crippen LogP contribution in [0, 0.1) is 5.92 Å². The van der Waals surface area contributed by atoms with Crippen molar-refractivity contribution in [2.75, 3.05) is 31.3 Å². The van der Waals surface area contributed by atoms with Gasteiger partial charge >= 0.3 is 7.82 Å². The molecule has 1 amide bonds. The molecule has 11 N–H and O–H groups in total. The van der Waals surface area contributed by atoms with Crippen LogP contribution in [0.4, 0.5) is 11.6 Å². The van der Waals surface area contributed by atoms with E-state index in [0.29, 0.717) is 11.0 Å². The van der Waals surface area contributed by atoms with Crippen LogP contribution < -0.4 is 16.8 Å². The highest BCUT2D eigenvalue weighted by molar-refractivity contribution is 7.46. The second-order valence-corrected chi connectivity index (χ2v) is 10.8. The van der Waals surface area contributed by atoms with E-state index < -0.39 is 81.9 Å². The van der Waals surface area contributed by atoms with Gasteiger partial charge in [-0.1, -0.05) is 0 Å². The first-order chi connectivity index (χ1) is 18.8. The number of phosphoric ester groups is 1. The number of hydrogen-bond donors (Lipinski definition) is 9. The molecule has 2 saturated heterocycles. The van der Waals surface area contributed by atoms with E-state index in [9.17, 15) is 29.8 Å². The molecule has 0 aliphatic carbocycles. The fraction of sp³-hybridized carbons (Fsp3) is 0.667. The Bertz CT molecular complexity index is 1240. The summed E-state index contributed by atoms with van der Waals surface area (Å²) < 4.78 is 34.6. The van der Waals surface area contributed by atoms with Crippen molar-refractivity contribution < 1.29 is 58.3 Å². The van der Waals surface area contributed by atoms with Gasteiger partial charge in [-0.2, -0.15) is 0 Å². The zero-order chi connectivity index (χ0) is 29.4. The third-order valence-electron chi connectivity index (χ3n) is 6.77. The summed E-state index contributed by atoms with van der Waals surface area (Å²) in [6.07, 6.45) is -7.43. The van der Waals surface area contributed by atoms with Gasteiger partial charge in [0, 0.05) is 18.9 Å². The molecule has 2 aromatic heterocycles. The molecule has 0 spiro atoms. The maximum Gasteiger partial charge on any atom is 0.469 e. The lowest BCUT2D eigenvalue weighted by Gasteiger charge is -2.42. The lowest BCUT2D eigenvalue weighted by molar-refractivity contribution is -0.271. The molecule has 4 heterocycles. The van der Waals surface area contributed by atoms with Crippen LogP contribution >= 0.6 is 7.82 Å². The van der Waals surface area contributed by atoms with Crippen molar-refractivity contribution in [3.63, 3.8) is 0 Å². The number of aromatic nitrogens is 3. The van der Waals surface area contributed by atoms with Crippen molar-refractivity contribution in [1.82, 2.24) is 19.9 Å². The van der Waals surface area contributed by atoms with Gasteiger partial charge in [-0.25, -0.2) is 14.5 Å². The van der Waals surface area contributed by atoms with Crippen LogP contribution in [-0.4, -0.2) is 113 Å². The Morgan fingerprint density at radius 1 is 1.18 bits per heavy atom. The lowest BCUT2D eigenvalue weighted by atomic mass is 9.95. The van der Waals surface area contributed by atoms with Gasteiger partial charge < -0.3 is 65.8 Å². The summed E-state index contributed by atoms with van der Waals surface area (Å²) in [6, 6.07) is 0.327. The normalized spacial score (nSPS) is 32.9. The smallest absolute Gasteiger partial charge is 0.394 e. The summed E-state index contributed by atoms with van der Waals surface area (Å²) >= 11 is 0. The molecule has 224 valence electrons. The van der Waals surface area contributed by atoms with E-state index in [1.807, 2.05) is 0 Å². The van der Waals surface area contributed by atoms with Crippen LogP contribution in [0.1, 0.15) is 19.6 Å². The Kier molecular flexibility index (Phi) is 9.28. The number of nitrogens with two attached hydrogens (primary N) is 2. The number of nitrogens with one attached hydrogen (secondary N) is 1. The highest BCUT2D eigenvalue weighted by atomic mass is 31.2. The van der Waals surface area contributed by atoms with Crippen molar-refractivity contribution in [2.45, 2.75) is 62.4 Å². The second-order valence-electron chi connectivity index (χ2n) is 9.55. The first-order valence-electron chi connectivity index (χ1n) is 12.2. The van der Waals surface area contributed by atoms with Gasteiger partial charge in [-0.05, 0) is 6.42 Å². The number of rotatable bonds is 10. The van der Waals surface area contributed by atoms with Gasteiger partial charge in [0.05, 0.1) is 37.8 Å². The van der Waals surface area contributed by atoms with E-state index >= 15 is 0 Å². The van der Waals surface area contributed by atoms with Gasteiger partial charge in [0.25, 0.3) is 0 Å². The molecule has 0 saturated carbocycles. The van der Waals surface area contributed by atoms with E-state index in [1.165, 1.54) is 23.9 Å². The minimum Gasteiger partial charge on any atom is -0.394 e. The quantitative estimate of drug-likeness (QED) is 0.124. The maximum absolute atomic E-state index is 11.7. The third-order valence-corrected chi connectivity index (χ3v) is 7.26. The molecular formula is C21H33N6O12P. The Morgan fingerprint density at radius 2 is 1.90 bits per heavy atom. The van der Waals surface area contributed by atoms with Crippen LogP contribution in [0.5, 0.6) is 0 Å². The number of nitrogens with zero attached hydrogens (tertiary/aromatic N) is 3. The molecule has 0 radical (unpaired) electrons. The number of ether oxygens (including phenoxy) is 3. The zero-order valence-electron chi connectivity index (χ0n) is 21.3. The van der Waals surface area contributed by atoms with Crippen molar-refractivity contribution in [1.29, 1.82) is 0 Å². The van der Waals surface area contributed by atoms with Crippen molar-refractivity contribution >= 4 is 36.4 Å². The Morgan fingerprint density at radius 3 is 2.55 bits per heavy atom. The molecular weight excluding hydrogens is 559 g/mol. The molecule has 19 heteroatoms. The van der Waals surface area contributed by atoms with Crippen LogP contribution in [0.25, 0.3) is 11.0 Å². The van der Waals surface area contributed by atoms with Crippen molar-refractivity contribution in [3.05, 3.63) is 12.4 Å². The molecule has 40 heavy (non-hydrogen) atoms. The van der Waals surface area contributed by atoms with Gasteiger partial charge in [-0.15, -0.1) is 0 Å². The topological polar surface area (TPSA) is 287 Å². The highest BCUT2D eigenvalue weighted by Gasteiger charge is 2.47. The van der Waals surface area contributed by atoms with Crippen LogP contribution in [0.15, 0.2) is 12.4 Å². The Labute approximate surface area is 227 Å². The number of pyridine rings is 1. The first-order valence-corrected chi connectivity index (χ1v) is 13.8. The number of aliphatic hydroxyl groups excluding tert-OH is 4. The zero-order valence-corrected chi connectivity index (χ0v) is 22.2. The van der Waals surface area contributed by atoms with E-state index in [1.54, 1.807) is 0 Å². The molecule has 4 rings (SSSR count). The molecule has 9 atom stereocenters. The van der Waals surface area contributed by atoms with Crippen molar-refractivity contribution in [2.24, 2.45) is 5.92 Å². The molecule has 0 aromatic carbocycles. The van der Waals surface area contributed by atoms with Gasteiger partial charge in [0.2, 0.25) is 5.91 Å². The fourth-order valence-corrected chi connectivity index (χ4v) is 5.25. The number of phosphoric acid groups is 1. The van der Waals surface area contributed by atoms with Crippen LogP contribution in [0.2, 0.25) is 0 Å². The SMILES string of the molecule is CC(=O)N[C@H]1[C@H](OCC[C@@H]2[C@H](O)[C@@H](COP(=O)(O)O)O[C@H]2n2cnc3c(N)nc(N)cc32)O[C@H](CO)[C@H](O)[C@@H]1O. The maximum atomic E-state index is 11.7. The van der Waals surface area contributed by atoms with E-state index in [-0.39, 0.29) is 24.7 Å². The molecule has 2 aliphatic heterocycles. The monoisotopic (exact) mass is 592 g/mol. The molecule has 0 unspecified atom stereocenters. The fourth-order valence-electron chi connectivity index (χ4n) is 4.91. The number of amides is 1. The summed E-state index contributed by atoms with van der Waals surface area (Å²) in [7, 11) is -4.87. The van der Waals surface area contributed by atoms with Gasteiger partial charge in [0.1, 0.15) is 48.0 Å². The Hall–Kier alpha value is -2.48. The molecule has 2 aliphatic rings. The minimum atomic E-state index is -4.87. The average Bonchev–Trinajstić information content (AvgIpc) is 3.42. The first kappa shape index (κ1) is 30.5. The molecule has 0 bridgehead atoms.